The summed E-state index contributed by atoms with van der Waals surface area (Å²) in [6, 6.07) is -0.881. The van der Waals surface area contributed by atoms with E-state index in [1.54, 1.807) is 0 Å². The van der Waals surface area contributed by atoms with E-state index in [4.69, 9.17) is 9.84 Å². The van der Waals surface area contributed by atoms with E-state index in [0.29, 0.717) is 13.0 Å². The highest BCUT2D eigenvalue weighted by atomic mass is 16.5. The maximum absolute atomic E-state index is 12.7. The largest absolute Gasteiger partial charge is 0.481 e. The number of carbonyl (C=O) groups is 3. The van der Waals surface area contributed by atoms with Crippen molar-refractivity contribution in [1.82, 2.24) is 5.32 Å². The fraction of sp³-hybridized carbons (Fsp3) is 0.949. The fourth-order valence-corrected chi connectivity index (χ4v) is 9.76. The number of esters is 1. The maximum atomic E-state index is 12.7. The van der Waals surface area contributed by atoms with Gasteiger partial charge in [-0.25, -0.2) is 4.79 Å². The van der Waals surface area contributed by atoms with Gasteiger partial charge < -0.3 is 15.2 Å². The van der Waals surface area contributed by atoms with Crippen molar-refractivity contribution in [3.05, 3.63) is 0 Å². The summed E-state index contributed by atoms with van der Waals surface area (Å²) in [4.78, 5) is 36.4. The third kappa shape index (κ3) is 50.1. The van der Waals surface area contributed by atoms with Gasteiger partial charge in [-0.3, -0.25) is 9.59 Å². The number of carboxylic acids is 1. The molecule has 0 aromatic rings. The van der Waals surface area contributed by atoms with E-state index in [1.165, 1.54) is 263 Å². The van der Waals surface area contributed by atoms with Crippen molar-refractivity contribution in [3.8, 4) is 0 Å². The summed E-state index contributed by atoms with van der Waals surface area (Å²) >= 11 is 0. The second-order valence-electron chi connectivity index (χ2n) is 20.7. The first-order chi connectivity index (χ1) is 31.9. The predicted molar refractivity (Wildman–Crippen MR) is 282 cm³/mol. The standard InChI is InChI=1S/C59H115NO5/c1-4-7-10-13-16-31-36-41-46-51-57(61)60-56(52-53-58(62)63)59(64)65-54-47-42-37-33-30-28-26-24-22-20-18-19-21-23-25-27-29-32-35-40-45-50-55(48-43-38-15-12-9-6-3)49-44-39-34-17-14-11-8-5-2/h55-56H,4-54H2,1-3H3,(H,60,61)(H,62,63)/t55?,56-/m0/s1. The van der Waals surface area contributed by atoms with Gasteiger partial charge in [-0.05, 0) is 25.2 Å². The average molecular weight is 919 g/mol. The zero-order chi connectivity index (χ0) is 47.4. The van der Waals surface area contributed by atoms with Crippen molar-refractivity contribution in [2.45, 2.75) is 348 Å². The molecular formula is C59H115NO5. The van der Waals surface area contributed by atoms with Crippen molar-refractivity contribution in [1.29, 1.82) is 0 Å². The van der Waals surface area contributed by atoms with Crippen LogP contribution in [-0.4, -0.2) is 35.6 Å². The van der Waals surface area contributed by atoms with E-state index in [-0.39, 0.29) is 18.7 Å². The van der Waals surface area contributed by atoms with Crippen LogP contribution in [0, 0.1) is 5.92 Å². The minimum absolute atomic E-state index is 0.0666. The quantitative estimate of drug-likeness (QED) is 0.0468. The Kier molecular flexibility index (Phi) is 52.1. The molecule has 6 heteroatoms. The van der Waals surface area contributed by atoms with E-state index in [9.17, 15) is 14.4 Å². The van der Waals surface area contributed by atoms with Gasteiger partial charge in [0.15, 0.2) is 0 Å². The van der Waals surface area contributed by atoms with Crippen molar-refractivity contribution < 1.29 is 24.2 Å². The normalized spacial score (nSPS) is 12.4. The van der Waals surface area contributed by atoms with Gasteiger partial charge in [0, 0.05) is 12.8 Å². The zero-order valence-electron chi connectivity index (χ0n) is 44.3. The Hall–Kier alpha value is -1.59. The van der Waals surface area contributed by atoms with Crippen LogP contribution in [-0.2, 0) is 19.1 Å². The molecule has 386 valence electrons. The van der Waals surface area contributed by atoms with Crippen molar-refractivity contribution in [3.63, 3.8) is 0 Å². The van der Waals surface area contributed by atoms with E-state index in [0.717, 1.165) is 44.4 Å². The Morgan fingerprint density at radius 1 is 0.354 bits per heavy atom. The zero-order valence-corrected chi connectivity index (χ0v) is 44.3. The van der Waals surface area contributed by atoms with Crippen molar-refractivity contribution in [2.75, 3.05) is 6.61 Å². The fourth-order valence-electron chi connectivity index (χ4n) is 9.76. The lowest BCUT2D eigenvalue weighted by molar-refractivity contribution is -0.148. The van der Waals surface area contributed by atoms with Gasteiger partial charge in [-0.2, -0.15) is 0 Å². The molecule has 0 radical (unpaired) electrons. The first-order valence-electron chi connectivity index (χ1n) is 29.6. The number of amides is 1. The Morgan fingerprint density at radius 2 is 0.631 bits per heavy atom. The highest BCUT2D eigenvalue weighted by Crippen LogP contribution is 2.25. The monoisotopic (exact) mass is 918 g/mol. The summed E-state index contributed by atoms with van der Waals surface area (Å²) < 4.78 is 5.47. The van der Waals surface area contributed by atoms with Crippen LogP contribution < -0.4 is 5.32 Å². The molecule has 0 saturated carbocycles. The van der Waals surface area contributed by atoms with Crippen LogP contribution in [0.25, 0.3) is 0 Å². The van der Waals surface area contributed by atoms with Crippen LogP contribution in [0.2, 0.25) is 0 Å². The Balaban J connectivity index is 3.73. The molecule has 2 N–H and O–H groups in total. The van der Waals surface area contributed by atoms with E-state index in [2.05, 4.69) is 26.1 Å². The molecule has 0 saturated heterocycles. The maximum Gasteiger partial charge on any atom is 0.328 e. The molecule has 0 aliphatic rings. The lowest BCUT2D eigenvalue weighted by atomic mass is 9.89. The number of rotatable bonds is 55. The number of unbranched alkanes of at least 4 members (excludes halogenated alkanes) is 40. The van der Waals surface area contributed by atoms with E-state index in [1.807, 2.05) is 0 Å². The van der Waals surface area contributed by atoms with Crippen molar-refractivity contribution >= 4 is 17.8 Å². The molecular weight excluding hydrogens is 803 g/mol. The highest BCUT2D eigenvalue weighted by Gasteiger charge is 2.23. The highest BCUT2D eigenvalue weighted by molar-refractivity contribution is 5.84. The molecule has 0 bridgehead atoms. The second-order valence-corrected chi connectivity index (χ2v) is 20.7. The minimum Gasteiger partial charge on any atom is -0.481 e. The molecule has 0 spiro atoms. The van der Waals surface area contributed by atoms with Gasteiger partial charge >= 0.3 is 11.9 Å². The van der Waals surface area contributed by atoms with Crippen LogP contribution in [0.3, 0.4) is 0 Å². The van der Waals surface area contributed by atoms with E-state index >= 15 is 0 Å². The number of hydrogen-bond donors (Lipinski definition) is 2. The number of carbonyl (C=O) groups excluding carboxylic acids is 2. The summed E-state index contributed by atoms with van der Waals surface area (Å²) in [6.07, 6.45) is 63.8. The molecule has 6 nitrogen and oxygen atoms in total. The van der Waals surface area contributed by atoms with Crippen LogP contribution in [0.15, 0.2) is 0 Å². The molecule has 1 amide bonds. The second kappa shape index (κ2) is 53.4. The van der Waals surface area contributed by atoms with Gasteiger partial charge in [0.25, 0.3) is 0 Å². The first-order valence-corrected chi connectivity index (χ1v) is 29.6. The Bertz CT molecular complexity index is 986. The summed E-state index contributed by atoms with van der Waals surface area (Å²) in [5.74, 6) is -0.656. The number of aliphatic carboxylic acids is 1. The van der Waals surface area contributed by atoms with Crippen molar-refractivity contribution in [2.24, 2.45) is 5.92 Å². The summed E-state index contributed by atoms with van der Waals surface area (Å²) in [7, 11) is 0. The molecule has 65 heavy (non-hydrogen) atoms. The number of hydrogen-bond acceptors (Lipinski definition) is 4. The molecule has 1 unspecified atom stereocenters. The summed E-state index contributed by atoms with van der Waals surface area (Å²) in [6.45, 7) is 7.20. The van der Waals surface area contributed by atoms with Gasteiger partial charge in [-0.1, -0.05) is 310 Å². The molecule has 2 atom stereocenters. The predicted octanol–water partition coefficient (Wildman–Crippen LogP) is 19.3. The lowest BCUT2D eigenvalue weighted by Crippen LogP contribution is -2.42. The molecule has 0 aliphatic heterocycles. The van der Waals surface area contributed by atoms with E-state index < -0.39 is 18.0 Å². The smallest absolute Gasteiger partial charge is 0.328 e. The first kappa shape index (κ1) is 63.4. The third-order valence-corrected chi connectivity index (χ3v) is 14.2. The van der Waals surface area contributed by atoms with Gasteiger partial charge in [0.05, 0.1) is 6.61 Å². The topological polar surface area (TPSA) is 92.7 Å². The minimum atomic E-state index is -0.974. The third-order valence-electron chi connectivity index (χ3n) is 14.2. The Morgan fingerprint density at radius 3 is 0.938 bits per heavy atom. The summed E-state index contributed by atoms with van der Waals surface area (Å²) in [5, 5.41) is 11.9. The van der Waals surface area contributed by atoms with Gasteiger partial charge in [-0.15, -0.1) is 0 Å². The SMILES string of the molecule is CCCCCCCCCCCC(=O)N[C@@H](CCC(=O)O)C(=O)OCCCCCCCCCCCCCCCCCCCCCCCC(CCCCCCCC)CCCCCCCCCC. The van der Waals surface area contributed by atoms with Crippen LogP contribution >= 0.6 is 0 Å². The van der Waals surface area contributed by atoms with Crippen LogP contribution in [0.1, 0.15) is 342 Å². The average Bonchev–Trinajstić information content (AvgIpc) is 3.30. The van der Waals surface area contributed by atoms with Crippen LogP contribution in [0.5, 0.6) is 0 Å². The molecule has 0 heterocycles. The molecule has 0 aromatic heterocycles. The molecule has 0 aromatic carbocycles. The summed E-state index contributed by atoms with van der Waals surface area (Å²) in [5.41, 5.74) is 0. The van der Waals surface area contributed by atoms with Gasteiger partial charge in [0.1, 0.15) is 6.04 Å². The lowest BCUT2D eigenvalue weighted by Gasteiger charge is -2.17. The van der Waals surface area contributed by atoms with Gasteiger partial charge in [0.2, 0.25) is 5.91 Å². The Labute approximate surface area is 406 Å². The number of carboxylic acid groups (broad SMARTS) is 1. The number of nitrogens with one attached hydrogen (secondary N) is 1. The number of ether oxygens (including phenoxy) is 1. The molecule has 0 aliphatic carbocycles. The molecule has 0 fully saturated rings. The van der Waals surface area contributed by atoms with Crippen LogP contribution in [0.4, 0.5) is 0 Å². The molecule has 0 rings (SSSR count).